The lowest BCUT2D eigenvalue weighted by atomic mass is 10.3. The van der Waals surface area contributed by atoms with Crippen LogP contribution in [0.4, 0.5) is 0 Å². The van der Waals surface area contributed by atoms with E-state index < -0.39 is 0 Å². The van der Waals surface area contributed by atoms with E-state index in [4.69, 9.17) is 0 Å². The predicted octanol–water partition coefficient (Wildman–Crippen LogP) is 1.57. The molecule has 4 heteroatoms. The minimum absolute atomic E-state index is 0.670. The summed E-state index contributed by atoms with van der Waals surface area (Å²) in [7, 11) is 1.90. The molecule has 2 aromatic rings. The Bertz CT molecular complexity index is 465. The van der Waals surface area contributed by atoms with Crippen LogP contribution in [-0.2, 0) is 6.54 Å². The molecule has 0 saturated heterocycles. The molecule has 0 aromatic carbocycles. The molecule has 2 rings (SSSR count). The quantitative estimate of drug-likeness (QED) is 0.842. The molecule has 0 aliphatic heterocycles. The van der Waals surface area contributed by atoms with Crippen molar-refractivity contribution in [3.63, 3.8) is 0 Å². The second-order valence-electron chi connectivity index (χ2n) is 3.61. The molecule has 0 bridgehead atoms. The normalized spacial score (nSPS) is 10.4. The van der Waals surface area contributed by atoms with Crippen LogP contribution in [0.1, 0.15) is 11.3 Å². The second-order valence-corrected chi connectivity index (χ2v) is 3.61. The van der Waals surface area contributed by atoms with Gasteiger partial charge < -0.3 is 5.32 Å². The molecule has 2 heterocycles. The third-order valence-electron chi connectivity index (χ3n) is 2.20. The van der Waals surface area contributed by atoms with Gasteiger partial charge in [-0.05, 0) is 26.1 Å². The van der Waals surface area contributed by atoms with Crippen LogP contribution >= 0.6 is 0 Å². The SMILES string of the molecule is CNCc1cnc(-c2cccc(C)n2)nc1. The van der Waals surface area contributed by atoms with Gasteiger partial charge in [-0.3, -0.25) is 0 Å². The summed E-state index contributed by atoms with van der Waals surface area (Å²) in [5.41, 5.74) is 2.86. The minimum Gasteiger partial charge on any atom is -0.316 e. The summed E-state index contributed by atoms with van der Waals surface area (Å²) in [6.45, 7) is 2.74. The van der Waals surface area contributed by atoms with Crippen molar-refractivity contribution < 1.29 is 0 Å². The van der Waals surface area contributed by atoms with Gasteiger partial charge in [-0.25, -0.2) is 15.0 Å². The van der Waals surface area contributed by atoms with Crippen LogP contribution in [0.15, 0.2) is 30.6 Å². The van der Waals surface area contributed by atoms with Gasteiger partial charge in [-0.15, -0.1) is 0 Å². The first kappa shape index (κ1) is 10.7. The monoisotopic (exact) mass is 214 g/mol. The topological polar surface area (TPSA) is 50.7 Å². The van der Waals surface area contributed by atoms with Crippen LogP contribution in [-0.4, -0.2) is 22.0 Å². The molecule has 1 N–H and O–H groups in total. The fourth-order valence-electron chi connectivity index (χ4n) is 1.45. The van der Waals surface area contributed by atoms with Crippen LogP contribution < -0.4 is 5.32 Å². The largest absolute Gasteiger partial charge is 0.316 e. The molecule has 0 aliphatic carbocycles. The zero-order chi connectivity index (χ0) is 11.4. The fourth-order valence-corrected chi connectivity index (χ4v) is 1.45. The highest BCUT2D eigenvalue weighted by atomic mass is 14.9. The Morgan fingerprint density at radius 3 is 2.56 bits per heavy atom. The van der Waals surface area contributed by atoms with Crippen molar-refractivity contribution in [3.8, 4) is 11.5 Å². The van der Waals surface area contributed by atoms with E-state index in [-0.39, 0.29) is 0 Å². The average Bonchev–Trinajstić information content (AvgIpc) is 2.30. The van der Waals surface area contributed by atoms with Gasteiger partial charge in [0.15, 0.2) is 5.82 Å². The average molecular weight is 214 g/mol. The molecular formula is C12H14N4. The molecule has 0 aliphatic rings. The van der Waals surface area contributed by atoms with E-state index in [0.717, 1.165) is 23.5 Å². The van der Waals surface area contributed by atoms with E-state index in [1.54, 1.807) is 0 Å². The molecule has 16 heavy (non-hydrogen) atoms. The maximum absolute atomic E-state index is 4.38. The molecule has 0 saturated carbocycles. The summed E-state index contributed by atoms with van der Waals surface area (Å²) in [6.07, 6.45) is 3.64. The summed E-state index contributed by atoms with van der Waals surface area (Å²) < 4.78 is 0. The van der Waals surface area contributed by atoms with E-state index in [1.165, 1.54) is 0 Å². The standard InChI is InChI=1S/C12H14N4/c1-9-4-3-5-11(16-9)12-14-7-10(6-13-2)8-15-12/h3-5,7-8,13H,6H2,1-2H3. The van der Waals surface area contributed by atoms with Crippen molar-refractivity contribution in [2.45, 2.75) is 13.5 Å². The van der Waals surface area contributed by atoms with Crippen LogP contribution in [0.5, 0.6) is 0 Å². The van der Waals surface area contributed by atoms with Crippen molar-refractivity contribution in [1.82, 2.24) is 20.3 Å². The number of pyridine rings is 1. The number of aromatic nitrogens is 3. The van der Waals surface area contributed by atoms with Gasteiger partial charge in [0.2, 0.25) is 0 Å². The molecule has 0 spiro atoms. The fraction of sp³-hybridized carbons (Fsp3) is 0.250. The summed E-state index contributed by atoms with van der Waals surface area (Å²) in [4.78, 5) is 13.0. The molecular weight excluding hydrogens is 200 g/mol. The number of aryl methyl sites for hydroxylation is 1. The Balaban J connectivity index is 2.27. The maximum atomic E-state index is 4.38. The van der Waals surface area contributed by atoms with Gasteiger partial charge in [0.25, 0.3) is 0 Å². The van der Waals surface area contributed by atoms with Gasteiger partial charge in [-0.2, -0.15) is 0 Å². The molecule has 2 aromatic heterocycles. The molecule has 0 amide bonds. The molecule has 0 atom stereocenters. The summed E-state index contributed by atoms with van der Waals surface area (Å²) in [6, 6.07) is 5.83. The van der Waals surface area contributed by atoms with Crippen molar-refractivity contribution in [2.75, 3.05) is 7.05 Å². The Hall–Kier alpha value is -1.81. The van der Waals surface area contributed by atoms with Gasteiger partial charge in [0.1, 0.15) is 5.69 Å². The van der Waals surface area contributed by atoms with E-state index in [9.17, 15) is 0 Å². The van der Waals surface area contributed by atoms with Crippen molar-refractivity contribution in [2.24, 2.45) is 0 Å². The lowest BCUT2D eigenvalue weighted by Crippen LogP contribution is -2.06. The summed E-state index contributed by atoms with van der Waals surface area (Å²) >= 11 is 0. The maximum Gasteiger partial charge on any atom is 0.178 e. The number of hydrogen-bond donors (Lipinski definition) is 1. The highest BCUT2D eigenvalue weighted by Crippen LogP contribution is 2.11. The molecule has 82 valence electrons. The Morgan fingerprint density at radius 2 is 1.94 bits per heavy atom. The first-order valence-corrected chi connectivity index (χ1v) is 5.19. The lowest BCUT2D eigenvalue weighted by Gasteiger charge is -2.02. The third kappa shape index (κ3) is 2.41. The smallest absolute Gasteiger partial charge is 0.178 e. The van der Waals surface area contributed by atoms with Crippen LogP contribution in [0.3, 0.4) is 0 Å². The van der Waals surface area contributed by atoms with Gasteiger partial charge in [0, 0.05) is 30.2 Å². The van der Waals surface area contributed by atoms with Crippen molar-refractivity contribution in [1.29, 1.82) is 0 Å². The van der Waals surface area contributed by atoms with Gasteiger partial charge in [0.05, 0.1) is 0 Å². The molecule has 0 radical (unpaired) electrons. The van der Waals surface area contributed by atoms with E-state index >= 15 is 0 Å². The molecule has 4 nitrogen and oxygen atoms in total. The van der Waals surface area contributed by atoms with Gasteiger partial charge >= 0.3 is 0 Å². The van der Waals surface area contributed by atoms with E-state index in [2.05, 4.69) is 20.3 Å². The van der Waals surface area contributed by atoms with Crippen LogP contribution in [0.25, 0.3) is 11.5 Å². The Morgan fingerprint density at radius 1 is 1.19 bits per heavy atom. The highest BCUT2D eigenvalue weighted by molar-refractivity contribution is 5.48. The minimum atomic E-state index is 0.670. The predicted molar refractivity (Wildman–Crippen MR) is 62.8 cm³/mol. The van der Waals surface area contributed by atoms with Gasteiger partial charge in [-0.1, -0.05) is 6.07 Å². The lowest BCUT2D eigenvalue weighted by molar-refractivity contribution is 0.807. The third-order valence-corrected chi connectivity index (χ3v) is 2.20. The van der Waals surface area contributed by atoms with E-state index in [0.29, 0.717) is 5.82 Å². The summed E-state index contributed by atoms with van der Waals surface area (Å²) in [5.74, 6) is 0.670. The van der Waals surface area contributed by atoms with Crippen molar-refractivity contribution >= 4 is 0 Å². The number of nitrogens with zero attached hydrogens (tertiary/aromatic N) is 3. The zero-order valence-electron chi connectivity index (χ0n) is 9.44. The van der Waals surface area contributed by atoms with Crippen LogP contribution in [0.2, 0.25) is 0 Å². The van der Waals surface area contributed by atoms with Crippen molar-refractivity contribution in [3.05, 3.63) is 41.9 Å². The highest BCUT2D eigenvalue weighted by Gasteiger charge is 2.02. The second kappa shape index (κ2) is 4.81. The number of nitrogens with one attached hydrogen (secondary N) is 1. The Labute approximate surface area is 94.8 Å². The molecule has 0 fully saturated rings. The zero-order valence-corrected chi connectivity index (χ0v) is 9.44. The summed E-state index contributed by atoms with van der Waals surface area (Å²) in [5, 5.41) is 3.06. The first-order chi connectivity index (χ1) is 7.79. The molecule has 0 unspecified atom stereocenters. The Kier molecular flexibility index (Phi) is 3.22. The number of hydrogen-bond acceptors (Lipinski definition) is 4. The first-order valence-electron chi connectivity index (χ1n) is 5.19. The van der Waals surface area contributed by atoms with Crippen LogP contribution in [0, 0.1) is 6.92 Å². The number of rotatable bonds is 3. The van der Waals surface area contributed by atoms with E-state index in [1.807, 2.05) is 44.6 Å².